The first kappa shape index (κ1) is 12.1. The highest BCUT2D eigenvalue weighted by Crippen LogP contribution is 2.20. The van der Waals surface area contributed by atoms with Crippen LogP contribution in [0.5, 0.6) is 0 Å². The highest BCUT2D eigenvalue weighted by atomic mass is 16.3. The molecule has 0 aliphatic heterocycles. The van der Waals surface area contributed by atoms with Crippen molar-refractivity contribution in [3.63, 3.8) is 0 Å². The van der Waals surface area contributed by atoms with Gasteiger partial charge < -0.3 is 15.5 Å². The number of nitrogens with one attached hydrogen (secondary N) is 1. The second kappa shape index (κ2) is 4.90. The van der Waals surface area contributed by atoms with Gasteiger partial charge in [-0.25, -0.2) is 0 Å². The molecule has 3 nitrogen and oxygen atoms in total. The second-order valence-corrected chi connectivity index (χ2v) is 5.02. The van der Waals surface area contributed by atoms with Crippen LogP contribution in [0, 0.1) is 0 Å². The normalized spacial score (nSPS) is 12.2. The molecule has 0 bridgehead atoms. The molecule has 0 fully saturated rings. The van der Waals surface area contributed by atoms with Gasteiger partial charge in [0.25, 0.3) is 0 Å². The van der Waals surface area contributed by atoms with Crippen molar-refractivity contribution >= 4 is 11.0 Å². The van der Waals surface area contributed by atoms with Crippen LogP contribution in [0.15, 0.2) is 34.9 Å². The Morgan fingerprint density at radius 3 is 2.82 bits per heavy atom. The Morgan fingerprint density at radius 1 is 1.29 bits per heavy atom. The van der Waals surface area contributed by atoms with E-state index in [1.807, 2.05) is 24.5 Å². The molecule has 0 unspecified atom stereocenters. The molecule has 1 aromatic carbocycles. The molecule has 0 amide bonds. The maximum absolute atomic E-state index is 5.68. The molecule has 3 N–H and O–H groups in total. The standard InChI is InChI=1S/C14H20N2O/c1-14(2,10-15)16-8-7-11-9-17-13-6-4-3-5-12(11)13/h3-6,9,16H,7-8,10,15H2,1-2H3. The quantitative estimate of drug-likeness (QED) is 0.831. The summed E-state index contributed by atoms with van der Waals surface area (Å²) in [5.41, 5.74) is 7.88. The van der Waals surface area contributed by atoms with Gasteiger partial charge in [-0.15, -0.1) is 0 Å². The van der Waals surface area contributed by atoms with E-state index in [1.165, 1.54) is 10.9 Å². The van der Waals surface area contributed by atoms with E-state index >= 15 is 0 Å². The van der Waals surface area contributed by atoms with Gasteiger partial charge in [-0.3, -0.25) is 0 Å². The first-order valence-corrected chi connectivity index (χ1v) is 6.02. The predicted octanol–water partition coefficient (Wildman–Crippen LogP) is 2.30. The molecule has 2 rings (SSSR count). The van der Waals surface area contributed by atoms with Crippen molar-refractivity contribution in [2.75, 3.05) is 13.1 Å². The monoisotopic (exact) mass is 232 g/mol. The first-order valence-electron chi connectivity index (χ1n) is 6.02. The Morgan fingerprint density at radius 2 is 2.06 bits per heavy atom. The van der Waals surface area contributed by atoms with Crippen LogP contribution in [0.1, 0.15) is 19.4 Å². The van der Waals surface area contributed by atoms with Crippen molar-refractivity contribution in [1.82, 2.24) is 5.32 Å². The highest BCUT2D eigenvalue weighted by molar-refractivity contribution is 5.80. The molecule has 1 aromatic heterocycles. The van der Waals surface area contributed by atoms with Crippen LogP contribution in [-0.4, -0.2) is 18.6 Å². The Bertz CT molecular complexity index is 488. The molecule has 0 aliphatic rings. The summed E-state index contributed by atoms with van der Waals surface area (Å²) in [5.74, 6) is 0. The van der Waals surface area contributed by atoms with Crippen molar-refractivity contribution in [2.24, 2.45) is 5.73 Å². The molecule has 0 spiro atoms. The lowest BCUT2D eigenvalue weighted by Gasteiger charge is -2.24. The SMILES string of the molecule is CC(C)(CN)NCCc1coc2ccccc12. The fourth-order valence-electron chi connectivity index (χ4n) is 1.83. The summed E-state index contributed by atoms with van der Waals surface area (Å²) < 4.78 is 5.51. The lowest BCUT2D eigenvalue weighted by Crippen LogP contribution is -2.46. The number of benzene rings is 1. The van der Waals surface area contributed by atoms with Crippen molar-refractivity contribution in [3.05, 3.63) is 36.1 Å². The maximum Gasteiger partial charge on any atom is 0.134 e. The van der Waals surface area contributed by atoms with E-state index in [0.29, 0.717) is 6.54 Å². The molecule has 0 saturated heterocycles. The van der Waals surface area contributed by atoms with E-state index in [0.717, 1.165) is 18.5 Å². The van der Waals surface area contributed by atoms with Crippen LogP contribution in [0.25, 0.3) is 11.0 Å². The van der Waals surface area contributed by atoms with Crippen LogP contribution in [0.2, 0.25) is 0 Å². The third-order valence-corrected chi connectivity index (χ3v) is 3.07. The molecule has 0 saturated carbocycles. The Balaban J connectivity index is 2.00. The van der Waals surface area contributed by atoms with E-state index < -0.39 is 0 Å². The minimum absolute atomic E-state index is 0.000457. The van der Waals surface area contributed by atoms with Crippen LogP contribution in [0.3, 0.4) is 0 Å². The molecule has 2 aromatic rings. The molecule has 0 atom stereocenters. The fourth-order valence-corrected chi connectivity index (χ4v) is 1.83. The number of hydrogen-bond acceptors (Lipinski definition) is 3. The van der Waals surface area contributed by atoms with Gasteiger partial charge in [0.2, 0.25) is 0 Å². The zero-order chi connectivity index (χ0) is 12.3. The van der Waals surface area contributed by atoms with Gasteiger partial charge in [-0.1, -0.05) is 18.2 Å². The van der Waals surface area contributed by atoms with Crippen molar-refractivity contribution < 1.29 is 4.42 Å². The van der Waals surface area contributed by atoms with Crippen molar-refractivity contribution in [2.45, 2.75) is 25.8 Å². The fraction of sp³-hybridized carbons (Fsp3) is 0.429. The highest BCUT2D eigenvalue weighted by Gasteiger charge is 2.14. The third kappa shape index (κ3) is 2.87. The van der Waals surface area contributed by atoms with E-state index in [1.54, 1.807) is 0 Å². The number of hydrogen-bond donors (Lipinski definition) is 2. The summed E-state index contributed by atoms with van der Waals surface area (Å²) in [7, 11) is 0. The summed E-state index contributed by atoms with van der Waals surface area (Å²) in [4.78, 5) is 0. The maximum atomic E-state index is 5.68. The molecular weight excluding hydrogens is 212 g/mol. The molecular formula is C14H20N2O. The van der Waals surface area contributed by atoms with Crippen LogP contribution >= 0.6 is 0 Å². The Kier molecular flexibility index (Phi) is 3.50. The van der Waals surface area contributed by atoms with Gasteiger partial charge in [0.1, 0.15) is 5.58 Å². The minimum atomic E-state index is -0.000457. The molecule has 92 valence electrons. The van der Waals surface area contributed by atoms with Crippen LogP contribution in [-0.2, 0) is 6.42 Å². The second-order valence-electron chi connectivity index (χ2n) is 5.02. The summed E-state index contributed by atoms with van der Waals surface area (Å²) in [6, 6.07) is 8.13. The molecule has 17 heavy (non-hydrogen) atoms. The largest absolute Gasteiger partial charge is 0.464 e. The zero-order valence-corrected chi connectivity index (χ0v) is 10.5. The zero-order valence-electron chi connectivity index (χ0n) is 10.5. The first-order chi connectivity index (χ1) is 8.12. The number of nitrogens with two attached hydrogens (primary N) is 1. The number of furan rings is 1. The van der Waals surface area contributed by atoms with Gasteiger partial charge in [-0.2, -0.15) is 0 Å². The molecule has 1 heterocycles. The number of rotatable bonds is 5. The molecule has 0 radical (unpaired) electrons. The van der Waals surface area contributed by atoms with Crippen molar-refractivity contribution in [3.8, 4) is 0 Å². The summed E-state index contributed by atoms with van der Waals surface area (Å²) in [6.07, 6.45) is 2.81. The summed E-state index contributed by atoms with van der Waals surface area (Å²) in [5, 5.41) is 4.65. The van der Waals surface area contributed by atoms with Gasteiger partial charge in [0, 0.05) is 17.5 Å². The van der Waals surface area contributed by atoms with Crippen LogP contribution < -0.4 is 11.1 Å². The Hall–Kier alpha value is -1.32. The van der Waals surface area contributed by atoms with E-state index in [4.69, 9.17) is 10.2 Å². The molecule has 0 aliphatic carbocycles. The van der Waals surface area contributed by atoms with Gasteiger partial charge in [0.05, 0.1) is 6.26 Å². The third-order valence-electron chi connectivity index (χ3n) is 3.07. The van der Waals surface area contributed by atoms with Gasteiger partial charge >= 0.3 is 0 Å². The lowest BCUT2D eigenvalue weighted by molar-refractivity contribution is 0.401. The summed E-state index contributed by atoms with van der Waals surface area (Å²) >= 11 is 0. The Labute approximate surface area is 102 Å². The summed E-state index contributed by atoms with van der Waals surface area (Å²) in [6.45, 7) is 5.77. The average molecular weight is 232 g/mol. The smallest absolute Gasteiger partial charge is 0.134 e. The van der Waals surface area contributed by atoms with Crippen LogP contribution in [0.4, 0.5) is 0 Å². The predicted molar refractivity (Wildman–Crippen MR) is 71.1 cm³/mol. The number of fused-ring (bicyclic) bond motifs is 1. The molecule has 3 heteroatoms. The van der Waals surface area contributed by atoms with Gasteiger partial charge in [-0.05, 0) is 38.4 Å². The van der Waals surface area contributed by atoms with E-state index in [2.05, 4.69) is 25.2 Å². The average Bonchev–Trinajstić information content (AvgIpc) is 2.73. The van der Waals surface area contributed by atoms with Gasteiger partial charge in [0.15, 0.2) is 0 Å². The lowest BCUT2D eigenvalue weighted by atomic mass is 10.1. The van der Waals surface area contributed by atoms with E-state index in [9.17, 15) is 0 Å². The topological polar surface area (TPSA) is 51.2 Å². The number of para-hydroxylation sites is 1. The van der Waals surface area contributed by atoms with E-state index in [-0.39, 0.29) is 5.54 Å². The van der Waals surface area contributed by atoms with Crippen molar-refractivity contribution in [1.29, 1.82) is 0 Å². The minimum Gasteiger partial charge on any atom is -0.464 e.